The minimum atomic E-state index is -0.199. The number of nitriles is 1. The van der Waals surface area contributed by atoms with Crippen LogP contribution in [0.4, 0.5) is 0 Å². The fraction of sp³-hybridized carbons (Fsp3) is 0.364. The van der Waals surface area contributed by atoms with Crippen molar-refractivity contribution >= 4 is 5.91 Å². The van der Waals surface area contributed by atoms with Gasteiger partial charge >= 0.3 is 0 Å². The van der Waals surface area contributed by atoms with Crippen LogP contribution < -0.4 is 5.32 Å². The summed E-state index contributed by atoms with van der Waals surface area (Å²) in [5.74, 6) is -0.199. The Morgan fingerprint density at radius 1 is 1.69 bits per heavy atom. The Morgan fingerprint density at radius 2 is 2.50 bits per heavy atom. The van der Waals surface area contributed by atoms with Crippen LogP contribution in [0.5, 0.6) is 0 Å². The molecule has 0 spiro atoms. The van der Waals surface area contributed by atoms with Gasteiger partial charge in [0.25, 0.3) is 5.91 Å². The Balaban J connectivity index is 2.50. The first-order chi connectivity index (χ1) is 7.77. The lowest BCUT2D eigenvalue weighted by Crippen LogP contribution is -2.25. The molecule has 1 aromatic heterocycles. The number of carbonyl (C=O) groups is 1. The highest BCUT2D eigenvalue weighted by Gasteiger charge is 2.05. The number of nitrogens with one attached hydrogen (secondary N) is 1. The largest absolute Gasteiger partial charge is 0.385 e. The number of nitrogens with zero attached hydrogens (tertiary/aromatic N) is 2. The van der Waals surface area contributed by atoms with Gasteiger partial charge < -0.3 is 10.1 Å². The van der Waals surface area contributed by atoms with Gasteiger partial charge in [-0.2, -0.15) is 5.26 Å². The summed E-state index contributed by atoms with van der Waals surface area (Å²) < 4.78 is 4.86. The summed E-state index contributed by atoms with van der Waals surface area (Å²) in [4.78, 5) is 15.4. The van der Waals surface area contributed by atoms with Gasteiger partial charge in [0.05, 0.1) is 0 Å². The van der Waals surface area contributed by atoms with E-state index in [9.17, 15) is 4.79 Å². The number of hydrogen-bond donors (Lipinski definition) is 1. The van der Waals surface area contributed by atoms with Crippen LogP contribution in [0.1, 0.15) is 22.5 Å². The highest BCUT2D eigenvalue weighted by molar-refractivity contribution is 5.94. The molecule has 0 aliphatic rings. The van der Waals surface area contributed by atoms with Gasteiger partial charge in [0, 0.05) is 32.0 Å². The van der Waals surface area contributed by atoms with Crippen LogP contribution in [-0.2, 0) is 4.74 Å². The standard InChI is InChI=1S/C11H13N3O2/c1-16-6-2-4-14-11(15)9-3-5-13-10(7-9)8-12/h3,5,7H,2,4,6H2,1H3,(H,14,15). The molecule has 5 nitrogen and oxygen atoms in total. The zero-order valence-corrected chi connectivity index (χ0v) is 9.06. The Labute approximate surface area is 94.1 Å². The van der Waals surface area contributed by atoms with E-state index in [2.05, 4.69) is 10.3 Å². The number of pyridine rings is 1. The van der Waals surface area contributed by atoms with Crippen LogP contribution in [-0.4, -0.2) is 31.2 Å². The molecule has 0 radical (unpaired) electrons. The monoisotopic (exact) mass is 219 g/mol. The molecular weight excluding hydrogens is 206 g/mol. The summed E-state index contributed by atoms with van der Waals surface area (Å²) in [6.45, 7) is 1.16. The average molecular weight is 219 g/mol. The van der Waals surface area contributed by atoms with Crippen LogP contribution >= 0.6 is 0 Å². The molecule has 0 saturated carbocycles. The zero-order chi connectivity index (χ0) is 11.8. The third kappa shape index (κ3) is 3.67. The molecule has 0 aliphatic carbocycles. The number of aromatic nitrogens is 1. The molecule has 1 N–H and O–H groups in total. The SMILES string of the molecule is COCCCNC(=O)c1ccnc(C#N)c1. The third-order valence-electron chi connectivity index (χ3n) is 1.95. The van der Waals surface area contributed by atoms with Crippen molar-refractivity contribution < 1.29 is 9.53 Å². The second-order valence-corrected chi connectivity index (χ2v) is 3.14. The van der Waals surface area contributed by atoms with Crippen molar-refractivity contribution in [3.05, 3.63) is 29.6 Å². The Hall–Kier alpha value is -1.93. The summed E-state index contributed by atoms with van der Waals surface area (Å²) in [6, 6.07) is 4.93. The molecule has 1 aromatic rings. The molecule has 0 fully saturated rings. The number of rotatable bonds is 5. The molecule has 1 heterocycles. The summed E-state index contributed by atoms with van der Waals surface area (Å²) in [6.07, 6.45) is 2.21. The Bertz CT molecular complexity index is 398. The summed E-state index contributed by atoms with van der Waals surface area (Å²) in [5.41, 5.74) is 0.688. The molecule has 0 bridgehead atoms. The normalized spacial score (nSPS) is 9.50. The number of carbonyl (C=O) groups excluding carboxylic acids is 1. The summed E-state index contributed by atoms with van der Waals surface area (Å²) >= 11 is 0. The van der Waals surface area contributed by atoms with Crippen molar-refractivity contribution in [2.24, 2.45) is 0 Å². The van der Waals surface area contributed by atoms with Gasteiger partial charge in [0.2, 0.25) is 0 Å². The number of ether oxygens (including phenoxy) is 1. The zero-order valence-electron chi connectivity index (χ0n) is 9.06. The van der Waals surface area contributed by atoms with Crippen molar-refractivity contribution in [1.29, 1.82) is 5.26 Å². The van der Waals surface area contributed by atoms with Gasteiger partial charge in [-0.3, -0.25) is 4.79 Å². The predicted molar refractivity (Wildman–Crippen MR) is 57.8 cm³/mol. The second-order valence-electron chi connectivity index (χ2n) is 3.14. The van der Waals surface area contributed by atoms with E-state index in [1.165, 1.54) is 12.3 Å². The van der Waals surface area contributed by atoms with E-state index < -0.39 is 0 Å². The molecule has 16 heavy (non-hydrogen) atoms. The van der Waals surface area contributed by atoms with Gasteiger partial charge in [0.15, 0.2) is 0 Å². The molecule has 0 atom stereocenters. The van der Waals surface area contributed by atoms with Crippen molar-refractivity contribution in [1.82, 2.24) is 10.3 Å². The average Bonchev–Trinajstić information content (AvgIpc) is 2.34. The van der Waals surface area contributed by atoms with E-state index in [0.29, 0.717) is 18.7 Å². The van der Waals surface area contributed by atoms with Crippen LogP contribution in [0.3, 0.4) is 0 Å². The van der Waals surface area contributed by atoms with Gasteiger partial charge in [-0.25, -0.2) is 4.98 Å². The van der Waals surface area contributed by atoms with Gasteiger partial charge in [-0.05, 0) is 18.6 Å². The molecule has 0 saturated heterocycles. The molecular formula is C11H13N3O2. The molecule has 0 aliphatic heterocycles. The second kappa shape index (κ2) is 6.53. The number of amides is 1. The van der Waals surface area contributed by atoms with E-state index in [1.807, 2.05) is 6.07 Å². The smallest absolute Gasteiger partial charge is 0.251 e. The maximum Gasteiger partial charge on any atom is 0.251 e. The van der Waals surface area contributed by atoms with Crippen molar-refractivity contribution in [3.8, 4) is 6.07 Å². The Kier molecular flexibility index (Phi) is 4.96. The van der Waals surface area contributed by atoms with E-state index >= 15 is 0 Å². The molecule has 84 valence electrons. The van der Waals surface area contributed by atoms with Crippen LogP contribution in [0.15, 0.2) is 18.3 Å². The van der Waals surface area contributed by atoms with Crippen molar-refractivity contribution in [2.45, 2.75) is 6.42 Å². The lowest BCUT2D eigenvalue weighted by atomic mass is 10.2. The lowest BCUT2D eigenvalue weighted by molar-refractivity contribution is 0.0948. The predicted octanol–water partition coefficient (Wildman–Crippen LogP) is 0.720. The minimum Gasteiger partial charge on any atom is -0.385 e. The quantitative estimate of drug-likeness (QED) is 0.740. The maximum absolute atomic E-state index is 11.6. The first-order valence-electron chi connectivity index (χ1n) is 4.91. The minimum absolute atomic E-state index is 0.199. The third-order valence-corrected chi connectivity index (χ3v) is 1.95. The maximum atomic E-state index is 11.6. The fourth-order valence-corrected chi connectivity index (χ4v) is 1.15. The van der Waals surface area contributed by atoms with E-state index in [-0.39, 0.29) is 11.6 Å². The van der Waals surface area contributed by atoms with Gasteiger partial charge in [-0.1, -0.05) is 0 Å². The molecule has 5 heteroatoms. The highest BCUT2D eigenvalue weighted by Crippen LogP contribution is 2.00. The summed E-state index contributed by atoms with van der Waals surface area (Å²) in [5, 5.41) is 11.4. The first-order valence-corrected chi connectivity index (χ1v) is 4.91. The first kappa shape index (κ1) is 12.1. The van der Waals surface area contributed by atoms with Gasteiger partial charge in [-0.15, -0.1) is 0 Å². The highest BCUT2D eigenvalue weighted by atomic mass is 16.5. The topological polar surface area (TPSA) is 75.0 Å². The van der Waals surface area contributed by atoms with Crippen LogP contribution in [0.25, 0.3) is 0 Å². The van der Waals surface area contributed by atoms with E-state index in [1.54, 1.807) is 13.2 Å². The molecule has 0 aromatic carbocycles. The lowest BCUT2D eigenvalue weighted by Gasteiger charge is -2.04. The van der Waals surface area contributed by atoms with E-state index in [0.717, 1.165) is 6.42 Å². The summed E-state index contributed by atoms with van der Waals surface area (Å²) in [7, 11) is 1.61. The molecule has 1 amide bonds. The van der Waals surface area contributed by atoms with Crippen LogP contribution in [0, 0.1) is 11.3 Å². The van der Waals surface area contributed by atoms with Crippen molar-refractivity contribution in [3.63, 3.8) is 0 Å². The number of methoxy groups -OCH3 is 1. The number of hydrogen-bond acceptors (Lipinski definition) is 4. The van der Waals surface area contributed by atoms with Crippen molar-refractivity contribution in [2.75, 3.05) is 20.3 Å². The Morgan fingerprint density at radius 3 is 3.19 bits per heavy atom. The fourth-order valence-electron chi connectivity index (χ4n) is 1.15. The molecule has 0 unspecified atom stereocenters. The van der Waals surface area contributed by atoms with Gasteiger partial charge in [0.1, 0.15) is 11.8 Å². The molecule has 1 rings (SSSR count). The van der Waals surface area contributed by atoms with Crippen LogP contribution in [0.2, 0.25) is 0 Å². The van der Waals surface area contributed by atoms with E-state index in [4.69, 9.17) is 10.00 Å².